The summed E-state index contributed by atoms with van der Waals surface area (Å²) >= 11 is 0. The van der Waals surface area contributed by atoms with E-state index in [1.165, 1.54) is 11.1 Å². The average molecular weight is 341 g/mol. The summed E-state index contributed by atoms with van der Waals surface area (Å²) in [5, 5.41) is 10.7. The van der Waals surface area contributed by atoms with Crippen LogP contribution in [-0.4, -0.2) is 52.3 Å². The summed E-state index contributed by atoms with van der Waals surface area (Å²) in [6, 6.07) is 8.77. The van der Waals surface area contributed by atoms with Crippen molar-refractivity contribution in [2.24, 2.45) is 12.0 Å². The fourth-order valence-corrected chi connectivity index (χ4v) is 3.12. The molecule has 0 unspecified atom stereocenters. The van der Waals surface area contributed by atoms with Crippen molar-refractivity contribution in [3.8, 4) is 0 Å². The third-order valence-corrected chi connectivity index (χ3v) is 4.60. The Morgan fingerprint density at radius 2 is 2.08 bits per heavy atom. The zero-order chi connectivity index (χ0) is 17.5. The molecule has 0 saturated carbocycles. The number of benzene rings is 1. The highest BCUT2D eigenvalue weighted by atomic mass is 15.3. The SMILES string of the molecule is CN=C(NCCCN1CCc2ccccc2C1)NCc1ncnn1C. The van der Waals surface area contributed by atoms with Crippen LogP contribution in [0.1, 0.15) is 23.4 Å². The molecule has 3 rings (SSSR count). The topological polar surface area (TPSA) is 70.4 Å². The number of aryl methyl sites for hydroxylation is 1. The van der Waals surface area contributed by atoms with Gasteiger partial charge in [0.2, 0.25) is 0 Å². The largest absolute Gasteiger partial charge is 0.356 e. The van der Waals surface area contributed by atoms with Crippen LogP contribution >= 0.6 is 0 Å². The number of guanidine groups is 1. The van der Waals surface area contributed by atoms with Gasteiger partial charge >= 0.3 is 0 Å². The summed E-state index contributed by atoms with van der Waals surface area (Å²) in [6.45, 7) is 4.82. The molecule has 2 N–H and O–H groups in total. The number of aromatic nitrogens is 3. The monoisotopic (exact) mass is 341 g/mol. The van der Waals surface area contributed by atoms with Gasteiger partial charge in [0.15, 0.2) is 5.96 Å². The first-order chi connectivity index (χ1) is 12.3. The van der Waals surface area contributed by atoms with Gasteiger partial charge in [0.1, 0.15) is 12.2 Å². The Morgan fingerprint density at radius 3 is 2.84 bits per heavy atom. The van der Waals surface area contributed by atoms with Crippen LogP contribution in [0.3, 0.4) is 0 Å². The number of aliphatic imine (C=N–C) groups is 1. The van der Waals surface area contributed by atoms with E-state index in [2.05, 4.69) is 54.9 Å². The van der Waals surface area contributed by atoms with E-state index in [0.717, 1.165) is 50.8 Å². The second-order valence-corrected chi connectivity index (χ2v) is 6.30. The highest BCUT2D eigenvalue weighted by molar-refractivity contribution is 5.79. The van der Waals surface area contributed by atoms with Gasteiger partial charge in [-0.3, -0.25) is 14.6 Å². The maximum Gasteiger partial charge on any atom is 0.191 e. The Bertz CT molecular complexity index is 707. The molecule has 0 saturated heterocycles. The molecule has 134 valence electrons. The van der Waals surface area contributed by atoms with E-state index in [9.17, 15) is 0 Å². The molecule has 0 aliphatic carbocycles. The molecular weight excluding hydrogens is 314 g/mol. The minimum atomic E-state index is 0.610. The lowest BCUT2D eigenvalue weighted by Crippen LogP contribution is -2.39. The van der Waals surface area contributed by atoms with Gasteiger partial charge in [-0.2, -0.15) is 5.10 Å². The third kappa shape index (κ3) is 4.79. The second kappa shape index (κ2) is 8.62. The van der Waals surface area contributed by atoms with E-state index in [4.69, 9.17) is 0 Å². The summed E-state index contributed by atoms with van der Waals surface area (Å²) in [5.74, 6) is 1.68. The minimum Gasteiger partial charge on any atom is -0.356 e. The Morgan fingerprint density at radius 1 is 1.24 bits per heavy atom. The van der Waals surface area contributed by atoms with Crippen molar-refractivity contribution < 1.29 is 0 Å². The van der Waals surface area contributed by atoms with Crippen LogP contribution in [0.5, 0.6) is 0 Å². The van der Waals surface area contributed by atoms with Gasteiger partial charge in [-0.1, -0.05) is 24.3 Å². The molecule has 2 aromatic rings. The predicted octanol–water partition coefficient (Wildman–Crippen LogP) is 0.928. The molecule has 0 fully saturated rings. The lowest BCUT2D eigenvalue weighted by Gasteiger charge is -2.28. The highest BCUT2D eigenvalue weighted by Gasteiger charge is 2.14. The smallest absolute Gasteiger partial charge is 0.191 e. The molecule has 1 aliphatic rings. The van der Waals surface area contributed by atoms with E-state index in [0.29, 0.717) is 6.54 Å². The van der Waals surface area contributed by atoms with Gasteiger partial charge in [0.05, 0.1) is 6.54 Å². The van der Waals surface area contributed by atoms with Crippen molar-refractivity contribution in [2.75, 3.05) is 26.7 Å². The van der Waals surface area contributed by atoms with Crippen molar-refractivity contribution in [3.05, 3.63) is 47.5 Å². The summed E-state index contributed by atoms with van der Waals surface area (Å²) in [5.41, 5.74) is 2.98. The van der Waals surface area contributed by atoms with Crippen LogP contribution in [0.15, 0.2) is 35.6 Å². The fourth-order valence-electron chi connectivity index (χ4n) is 3.12. The van der Waals surface area contributed by atoms with Crippen molar-refractivity contribution in [2.45, 2.75) is 25.9 Å². The molecule has 0 bridgehead atoms. The first kappa shape index (κ1) is 17.4. The van der Waals surface area contributed by atoms with Crippen molar-refractivity contribution >= 4 is 5.96 Å². The van der Waals surface area contributed by atoms with Crippen LogP contribution in [0.2, 0.25) is 0 Å². The summed E-state index contributed by atoms with van der Waals surface area (Å²) in [4.78, 5) is 11.0. The first-order valence-corrected chi connectivity index (χ1v) is 8.83. The van der Waals surface area contributed by atoms with E-state index in [1.807, 2.05) is 7.05 Å². The van der Waals surface area contributed by atoms with Crippen molar-refractivity contribution in [3.63, 3.8) is 0 Å². The molecule has 0 spiro atoms. The molecule has 0 amide bonds. The third-order valence-electron chi connectivity index (χ3n) is 4.60. The number of rotatable bonds is 6. The Balaban J connectivity index is 1.36. The molecule has 0 radical (unpaired) electrons. The second-order valence-electron chi connectivity index (χ2n) is 6.30. The molecule has 25 heavy (non-hydrogen) atoms. The molecule has 7 heteroatoms. The zero-order valence-electron chi connectivity index (χ0n) is 15.1. The molecule has 1 aromatic heterocycles. The number of hydrogen-bond acceptors (Lipinski definition) is 4. The Hall–Kier alpha value is -2.41. The maximum absolute atomic E-state index is 4.25. The normalized spacial score (nSPS) is 15.0. The van der Waals surface area contributed by atoms with Crippen LogP contribution < -0.4 is 10.6 Å². The molecule has 2 heterocycles. The predicted molar refractivity (Wildman–Crippen MR) is 99.2 cm³/mol. The van der Waals surface area contributed by atoms with E-state index >= 15 is 0 Å². The molecule has 1 aliphatic heterocycles. The fraction of sp³-hybridized carbons (Fsp3) is 0.500. The van der Waals surface area contributed by atoms with E-state index in [1.54, 1.807) is 18.1 Å². The number of nitrogens with one attached hydrogen (secondary N) is 2. The van der Waals surface area contributed by atoms with Gasteiger partial charge in [0, 0.05) is 40.3 Å². The lowest BCUT2D eigenvalue weighted by molar-refractivity contribution is 0.251. The van der Waals surface area contributed by atoms with E-state index in [-0.39, 0.29) is 0 Å². The Labute approximate surface area is 149 Å². The average Bonchev–Trinajstić information content (AvgIpc) is 3.06. The summed E-state index contributed by atoms with van der Waals surface area (Å²) in [7, 11) is 3.67. The van der Waals surface area contributed by atoms with Gasteiger partial charge < -0.3 is 10.6 Å². The van der Waals surface area contributed by atoms with Gasteiger partial charge in [-0.15, -0.1) is 0 Å². The lowest BCUT2D eigenvalue weighted by atomic mass is 10.00. The standard InChI is InChI=1S/C18H27N7/c1-19-18(21-12-17-22-14-23-24(17)2)20-9-5-10-25-11-8-15-6-3-4-7-16(15)13-25/h3-4,6-7,14H,5,8-13H2,1-2H3,(H2,19,20,21). The van der Waals surface area contributed by atoms with Crippen LogP contribution in [0.25, 0.3) is 0 Å². The van der Waals surface area contributed by atoms with Crippen LogP contribution in [0.4, 0.5) is 0 Å². The summed E-state index contributed by atoms with van der Waals surface area (Å²) < 4.78 is 1.76. The molecule has 1 aromatic carbocycles. The summed E-state index contributed by atoms with van der Waals surface area (Å²) in [6.07, 6.45) is 3.81. The Kier molecular flexibility index (Phi) is 6.00. The zero-order valence-corrected chi connectivity index (χ0v) is 15.1. The van der Waals surface area contributed by atoms with Crippen molar-refractivity contribution in [1.82, 2.24) is 30.3 Å². The van der Waals surface area contributed by atoms with Crippen LogP contribution in [-0.2, 0) is 26.6 Å². The first-order valence-electron chi connectivity index (χ1n) is 8.83. The van der Waals surface area contributed by atoms with Gasteiger partial charge in [0.25, 0.3) is 0 Å². The molecule has 0 atom stereocenters. The number of nitrogens with zero attached hydrogens (tertiary/aromatic N) is 5. The quantitative estimate of drug-likeness (QED) is 0.465. The van der Waals surface area contributed by atoms with Gasteiger partial charge in [-0.05, 0) is 24.0 Å². The minimum absolute atomic E-state index is 0.610. The molecular formula is C18H27N7. The highest BCUT2D eigenvalue weighted by Crippen LogP contribution is 2.18. The number of hydrogen-bond donors (Lipinski definition) is 2. The van der Waals surface area contributed by atoms with Crippen molar-refractivity contribution in [1.29, 1.82) is 0 Å². The maximum atomic E-state index is 4.25. The molecule has 7 nitrogen and oxygen atoms in total. The number of fused-ring (bicyclic) bond motifs is 1. The van der Waals surface area contributed by atoms with E-state index < -0.39 is 0 Å². The van der Waals surface area contributed by atoms with Crippen LogP contribution in [0, 0.1) is 0 Å². The van der Waals surface area contributed by atoms with Gasteiger partial charge in [-0.25, -0.2) is 4.98 Å².